The molecule has 2 aromatic carbocycles. The quantitative estimate of drug-likeness (QED) is 0.642. The molecule has 0 saturated heterocycles. The number of benzene rings is 2. The van der Waals surface area contributed by atoms with Gasteiger partial charge in [-0.3, -0.25) is 9.59 Å². The third-order valence-electron chi connectivity index (χ3n) is 6.99. The number of aromatic nitrogens is 1. The van der Waals surface area contributed by atoms with Gasteiger partial charge in [-0.05, 0) is 66.1 Å². The third-order valence-corrected chi connectivity index (χ3v) is 6.99. The molecule has 0 radical (unpaired) electrons. The predicted molar refractivity (Wildman–Crippen MR) is 125 cm³/mol. The van der Waals surface area contributed by atoms with E-state index < -0.39 is 6.04 Å². The van der Waals surface area contributed by atoms with Gasteiger partial charge < -0.3 is 24.1 Å². The lowest BCUT2D eigenvalue weighted by Crippen LogP contribution is -2.46. The van der Waals surface area contributed by atoms with E-state index >= 15 is 0 Å². The van der Waals surface area contributed by atoms with E-state index in [1.807, 2.05) is 35.2 Å². The Labute approximate surface area is 192 Å². The number of amides is 1. The molecule has 1 atom stereocenters. The second-order valence-electron chi connectivity index (χ2n) is 8.72. The molecule has 3 aromatic rings. The Hall–Kier alpha value is -3.48. The largest absolute Gasteiger partial charge is 0.497 e. The monoisotopic (exact) mass is 448 g/mol. The first-order valence-corrected chi connectivity index (χ1v) is 11.3. The van der Waals surface area contributed by atoms with Crippen molar-refractivity contribution in [3.8, 4) is 17.2 Å². The van der Waals surface area contributed by atoms with E-state index in [2.05, 4.69) is 4.98 Å². The van der Waals surface area contributed by atoms with Crippen LogP contribution in [0.2, 0.25) is 0 Å². The molecular weight excluding hydrogens is 420 g/mol. The Kier molecular flexibility index (Phi) is 5.48. The highest BCUT2D eigenvalue weighted by Gasteiger charge is 2.39. The molecule has 1 fully saturated rings. The average molecular weight is 449 g/mol. The Morgan fingerprint density at radius 2 is 1.73 bits per heavy atom. The van der Waals surface area contributed by atoms with E-state index in [-0.39, 0.29) is 17.4 Å². The van der Waals surface area contributed by atoms with Crippen molar-refractivity contribution in [3.05, 3.63) is 63.4 Å². The van der Waals surface area contributed by atoms with Gasteiger partial charge in [0.2, 0.25) is 5.91 Å². The molecular formula is C26H28N2O5. The lowest BCUT2D eigenvalue weighted by Gasteiger charge is -2.41. The third kappa shape index (κ3) is 3.61. The van der Waals surface area contributed by atoms with Gasteiger partial charge in [0, 0.05) is 24.1 Å². The second kappa shape index (κ2) is 8.46. The van der Waals surface area contributed by atoms with Crippen molar-refractivity contribution in [2.75, 3.05) is 27.9 Å². The molecule has 2 aliphatic rings. The number of carbonyl (C=O) groups is 1. The van der Waals surface area contributed by atoms with Gasteiger partial charge in [0.05, 0.1) is 32.9 Å². The molecule has 1 amide bonds. The first-order valence-electron chi connectivity index (χ1n) is 11.3. The highest BCUT2D eigenvalue weighted by molar-refractivity contribution is 5.83. The van der Waals surface area contributed by atoms with Gasteiger partial charge in [0.25, 0.3) is 5.56 Å². The maximum absolute atomic E-state index is 13.5. The SMILES string of the molecule is COc1ccc2cc(C3c4cc(OC)c(OC)cc4CCN3C(=O)C3CCC3)c(=O)[nH]c2c1. The van der Waals surface area contributed by atoms with Crippen LogP contribution in [0.5, 0.6) is 17.2 Å². The van der Waals surface area contributed by atoms with Gasteiger partial charge in [-0.25, -0.2) is 0 Å². The summed E-state index contributed by atoms with van der Waals surface area (Å²) in [4.78, 5) is 31.7. The molecule has 7 nitrogen and oxygen atoms in total. The van der Waals surface area contributed by atoms with Gasteiger partial charge in [0.15, 0.2) is 11.5 Å². The number of H-pyrrole nitrogens is 1. The molecule has 0 bridgehead atoms. The van der Waals surface area contributed by atoms with E-state index in [0.29, 0.717) is 41.3 Å². The number of carbonyl (C=O) groups excluding carboxylic acids is 1. The first kappa shape index (κ1) is 21.4. The number of rotatable bonds is 5. The molecule has 0 spiro atoms. The summed E-state index contributed by atoms with van der Waals surface area (Å²) in [6.45, 7) is 0.558. The number of hydrogen-bond donors (Lipinski definition) is 1. The molecule has 5 rings (SSSR count). The van der Waals surface area contributed by atoms with Crippen LogP contribution in [-0.4, -0.2) is 43.7 Å². The lowest BCUT2D eigenvalue weighted by atomic mass is 9.81. The van der Waals surface area contributed by atoms with Crippen LogP contribution in [0, 0.1) is 5.92 Å². The Balaban J connectivity index is 1.69. The van der Waals surface area contributed by atoms with Crippen molar-refractivity contribution in [2.45, 2.75) is 31.7 Å². The molecule has 172 valence electrons. The Morgan fingerprint density at radius 3 is 2.39 bits per heavy atom. The zero-order valence-corrected chi connectivity index (χ0v) is 19.1. The van der Waals surface area contributed by atoms with Crippen LogP contribution >= 0.6 is 0 Å². The van der Waals surface area contributed by atoms with Crippen molar-refractivity contribution in [3.63, 3.8) is 0 Å². The molecule has 1 aliphatic carbocycles. The van der Waals surface area contributed by atoms with E-state index in [1.54, 1.807) is 27.4 Å². The first-order chi connectivity index (χ1) is 16.0. The second-order valence-corrected chi connectivity index (χ2v) is 8.72. The standard InChI is InChI=1S/C26H28N2O5/c1-31-18-8-7-17-11-20(25(29)27-21(17)13-18)24-19-14-23(33-3)22(32-2)12-16(19)9-10-28(24)26(30)15-5-4-6-15/h7-8,11-15,24H,4-6,9-10H2,1-3H3,(H,27,29). The highest BCUT2D eigenvalue weighted by Crippen LogP contribution is 2.42. The van der Waals surface area contributed by atoms with Gasteiger partial charge in [0.1, 0.15) is 5.75 Å². The number of nitrogens with zero attached hydrogens (tertiary/aromatic N) is 1. The van der Waals surface area contributed by atoms with Crippen molar-refractivity contribution >= 4 is 16.8 Å². The maximum Gasteiger partial charge on any atom is 0.254 e. The fraction of sp³-hybridized carbons (Fsp3) is 0.385. The van der Waals surface area contributed by atoms with Crippen LogP contribution < -0.4 is 19.8 Å². The summed E-state index contributed by atoms with van der Waals surface area (Å²) < 4.78 is 16.4. The Bertz CT molecular complexity index is 1280. The molecule has 2 heterocycles. The van der Waals surface area contributed by atoms with Crippen LogP contribution in [0.4, 0.5) is 0 Å². The van der Waals surface area contributed by atoms with E-state index in [9.17, 15) is 9.59 Å². The van der Waals surface area contributed by atoms with Crippen LogP contribution in [0.3, 0.4) is 0 Å². The van der Waals surface area contributed by atoms with Gasteiger partial charge in [-0.1, -0.05) is 6.42 Å². The topological polar surface area (TPSA) is 80.9 Å². The number of fused-ring (bicyclic) bond motifs is 2. The number of methoxy groups -OCH3 is 3. The molecule has 1 saturated carbocycles. The number of ether oxygens (including phenoxy) is 3. The predicted octanol–water partition coefficient (Wildman–Crippen LogP) is 3.83. The van der Waals surface area contributed by atoms with Crippen LogP contribution in [0.25, 0.3) is 10.9 Å². The number of hydrogen-bond acceptors (Lipinski definition) is 5. The smallest absolute Gasteiger partial charge is 0.254 e. The molecule has 1 aromatic heterocycles. The van der Waals surface area contributed by atoms with Crippen molar-refractivity contribution in [1.82, 2.24) is 9.88 Å². The molecule has 7 heteroatoms. The molecule has 1 N–H and O–H groups in total. The fourth-order valence-electron chi connectivity index (χ4n) is 4.94. The summed E-state index contributed by atoms with van der Waals surface area (Å²) in [7, 11) is 4.80. The summed E-state index contributed by atoms with van der Waals surface area (Å²) in [5.41, 5.74) is 3.00. The minimum absolute atomic E-state index is 0.0398. The zero-order valence-electron chi connectivity index (χ0n) is 19.1. The summed E-state index contributed by atoms with van der Waals surface area (Å²) in [6.07, 6.45) is 3.60. The van der Waals surface area contributed by atoms with Gasteiger partial charge >= 0.3 is 0 Å². The van der Waals surface area contributed by atoms with Crippen molar-refractivity contribution < 1.29 is 19.0 Å². The number of nitrogens with one attached hydrogen (secondary N) is 1. The van der Waals surface area contributed by atoms with E-state index in [0.717, 1.165) is 35.8 Å². The highest BCUT2D eigenvalue weighted by atomic mass is 16.5. The average Bonchev–Trinajstić information content (AvgIpc) is 2.80. The van der Waals surface area contributed by atoms with E-state index in [1.165, 1.54) is 0 Å². The van der Waals surface area contributed by atoms with Gasteiger partial charge in [-0.15, -0.1) is 0 Å². The normalized spacial score (nSPS) is 17.9. The minimum atomic E-state index is -0.489. The van der Waals surface area contributed by atoms with Crippen LogP contribution in [-0.2, 0) is 11.2 Å². The molecule has 1 unspecified atom stereocenters. The summed E-state index contributed by atoms with van der Waals surface area (Å²) in [6, 6.07) is 10.9. The maximum atomic E-state index is 13.5. The van der Waals surface area contributed by atoms with E-state index in [4.69, 9.17) is 14.2 Å². The Morgan fingerprint density at radius 1 is 0.970 bits per heavy atom. The zero-order chi connectivity index (χ0) is 23.1. The lowest BCUT2D eigenvalue weighted by molar-refractivity contribution is -0.140. The fourth-order valence-corrected chi connectivity index (χ4v) is 4.94. The van der Waals surface area contributed by atoms with Gasteiger partial charge in [-0.2, -0.15) is 0 Å². The summed E-state index contributed by atoms with van der Waals surface area (Å²) in [5, 5.41) is 0.883. The summed E-state index contributed by atoms with van der Waals surface area (Å²) in [5.74, 6) is 2.07. The molecule has 33 heavy (non-hydrogen) atoms. The van der Waals surface area contributed by atoms with Crippen molar-refractivity contribution in [1.29, 1.82) is 0 Å². The number of aromatic amines is 1. The minimum Gasteiger partial charge on any atom is -0.497 e. The van der Waals surface area contributed by atoms with Crippen LogP contribution in [0.15, 0.2) is 41.2 Å². The molecule has 1 aliphatic heterocycles. The van der Waals surface area contributed by atoms with Crippen LogP contribution in [0.1, 0.15) is 42.0 Å². The van der Waals surface area contributed by atoms with Crippen molar-refractivity contribution in [2.24, 2.45) is 5.92 Å². The number of pyridine rings is 1. The summed E-state index contributed by atoms with van der Waals surface area (Å²) >= 11 is 0.